The molecule has 0 N–H and O–H groups in total. The summed E-state index contributed by atoms with van der Waals surface area (Å²) in [5, 5.41) is 2.32. The lowest BCUT2D eigenvalue weighted by atomic mass is 9.95. The molecule has 0 saturated carbocycles. The minimum atomic E-state index is -0.0596. The topological polar surface area (TPSA) is 34.5 Å². The average Bonchev–Trinajstić information content (AvgIpc) is 3.12. The van der Waals surface area contributed by atoms with Crippen LogP contribution >= 0.6 is 11.3 Å². The number of hydrogen-bond acceptors (Lipinski definition) is 3. The monoisotopic (exact) mass is 290 g/mol. The Labute approximate surface area is 122 Å². The lowest BCUT2D eigenvalue weighted by Crippen LogP contribution is -2.27. The van der Waals surface area contributed by atoms with E-state index in [1.165, 1.54) is 29.0 Å². The van der Waals surface area contributed by atoms with E-state index in [-0.39, 0.29) is 5.91 Å². The van der Waals surface area contributed by atoms with Crippen molar-refractivity contribution in [1.29, 1.82) is 0 Å². The normalized spacial score (nSPS) is 14.1. The standard InChI is InChI=1S/C15H18N2O2S/c1-16(19-2)14(18)13-11-7-3-4-8-12(11)20-15(13)17-9-5-6-10-17/h5-6,9-10H,3-4,7-8H2,1-2H3. The van der Waals surface area contributed by atoms with Crippen LogP contribution in [0.5, 0.6) is 0 Å². The molecule has 0 spiro atoms. The number of carbonyl (C=O) groups excluding carboxylic acids is 1. The smallest absolute Gasteiger partial charge is 0.280 e. The van der Waals surface area contributed by atoms with Crippen LogP contribution in [0.3, 0.4) is 0 Å². The van der Waals surface area contributed by atoms with Gasteiger partial charge in [-0.2, -0.15) is 0 Å². The van der Waals surface area contributed by atoms with Crippen molar-refractivity contribution in [1.82, 2.24) is 9.63 Å². The second kappa shape index (κ2) is 5.42. The van der Waals surface area contributed by atoms with Crippen LogP contribution in [0.2, 0.25) is 0 Å². The predicted molar refractivity (Wildman–Crippen MR) is 79.4 cm³/mol. The second-order valence-electron chi connectivity index (χ2n) is 4.97. The van der Waals surface area contributed by atoms with Crippen LogP contribution in [0.1, 0.15) is 33.6 Å². The third kappa shape index (κ3) is 2.17. The fourth-order valence-electron chi connectivity index (χ4n) is 2.66. The molecule has 0 aromatic carbocycles. The van der Waals surface area contributed by atoms with E-state index in [1.807, 2.05) is 29.1 Å². The lowest BCUT2D eigenvalue weighted by Gasteiger charge is -2.17. The highest BCUT2D eigenvalue weighted by Crippen LogP contribution is 2.37. The number of nitrogens with zero attached hydrogens (tertiary/aromatic N) is 2. The van der Waals surface area contributed by atoms with Crippen molar-refractivity contribution < 1.29 is 9.63 Å². The molecule has 1 aliphatic rings. The lowest BCUT2D eigenvalue weighted by molar-refractivity contribution is -0.0757. The Bertz CT molecular complexity index is 616. The molecule has 1 amide bonds. The maximum atomic E-state index is 12.6. The molecule has 0 bridgehead atoms. The fourth-order valence-corrected chi connectivity index (χ4v) is 4.01. The maximum Gasteiger partial charge on any atom is 0.280 e. The number of thiophene rings is 1. The van der Waals surface area contributed by atoms with E-state index >= 15 is 0 Å². The zero-order valence-corrected chi connectivity index (χ0v) is 12.6. The first-order valence-corrected chi connectivity index (χ1v) is 7.64. The summed E-state index contributed by atoms with van der Waals surface area (Å²) in [4.78, 5) is 19.1. The van der Waals surface area contributed by atoms with Crippen LogP contribution in [0, 0.1) is 0 Å². The van der Waals surface area contributed by atoms with E-state index in [0.29, 0.717) is 0 Å². The summed E-state index contributed by atoms with van der Waals surface area (Å²) in [5.41, 5.74) is 2.03. The molecule has 20 heavy (non-hydrogen) atoms. The van der Waals surface area contributed by atoms with Crippen LogP contribution in [-0.2, 0) is 17.7 Å². The number of carbonyl (C=O) groups is 1. The molecule has 0 radical (unpaired) electrons. The van der Waals surface area contributed by atoms with Gasteiger partial charge in [-0.1, -0.05) is 0 Å². The number of amides is 1. The molecular formula is C15H18N2O2S. The molecule has 1 aliphatic carbocycles. The molecular weight excluding hydrogens is 272 g/mol. The van der Waals surface area contributed by atoms with Crippen molar-refractivity contribution in [3.8, 4) is 5.00 Å². The maximum absolute atomic E-state index is 12.6. The van der Waals surface area contributed by atoms with Crippen LogP contribution in [0.4, 0.5) is 0 Å². The Morgan fingerprint density at radius 3 is 2.70 bits per heavy atom. The van der Waals surface area contributed by atoms with Crippen molar-refractivity contribution in [2.24, 2.45) is 0 Å². The van der Waals surface area contributed by atoms with Gasteiger partial charge in [-0.25, -0.2) is 5.06 Å². The van der Waals surface area contributed by atoms with E-state index in [1.54, 1.807) is 18.4 Å². The Morgan fingerprint density at radius 2 is 2.00 bits per heavy atom. The van der Waals surface area contributed by atoms with Gasteiger partial charge in [-0.3, -0.25) is 9.63 Å². The van der Waals surface area contributed by atoms with Gasteiger partial charge in [0.15, 0.2) is 0 Å². The summed E-state index contributed by atoms with van der Waals surface area (Å²) in [5.74, 6) is -0.0596. The Hall–Kier alpha value is -1.59. The summed E-state index contributed by atoms with van der Waals surface area (Å²) in [7, 11) is 3.18. The highest BCUT2D eigenvalue weighted by atomic mass is 32.1. The van der Waals surface area contributed by atoms with Crippen molar-refractivity contribution in [2.45, 2.75) is 25.7 Å². The molecule has 4 nitrogen and oxygen atoms in total. The van der Waals surface area contributed by atoms with Gasteiger partial charge < -0.3 is 4.57 Å². The molecule has 2 aromatic rings. The summed E-state index contributed by atoms with van der Waals surface area (Å²) in [6, 6.07) is 3.96. The molecule has 0 saturated heterocycles. The summed E-state index contributed by atoms with van der Waals surface area (Å²) < 4.78 is 2.03. The quantitative estimate of drug-likeness (QED) is 0.814. The molecule has 3 rings (SSSR count). The summed E-state index contributed by atoms with van der Waals surface area (Å²) >= 11 is 1.74. The van der Waals surface area contributed by atoms with Crippen molar-refractivity contribution in [2.75, 3.05) is 14.2 Å². The SMILES string of the molecule is CON(C)C(=O)c1c(-n2cccc2)sc2c1CCCC2. The predicted octanol–water partition coefficient (Wildman–Crippen LogP) is 3.05. The van der Waals surface area contributed by atoms with Gasteiger partial charge in [0.05, 0.1) is 12.7 Å². The van der Waals surface area contributed by atoms with Gasteiger partial charge in [-0.05, 0) is 43.4 Å². The first-order valence-electron chi connectivity index (χ1n) is 6.82. The largest absolute Gasteiger partial charge is 0.315 e. The molecule has 0 aliphatic heterocycles. The van der Waals surface area contributed by atoms with Crippen molar-refractivity contribution in [3.63, 3.8) is 0 Å². The Kier molecular flexibility index (Phi) is 3.63. The van der Waals surface area contributed by atoms with E-state index in [4.69, 9.17) is 4.84 Å². The molecule has 2 heterocycles. The number of rotatable bonds is 3. The molecule has 5 heteroatoms. The first-order chi connectivity index (χ1) is 9.72. The number of aromatic nitrogens is 1. The van der Waals surface area contributed by atoms with Gasteiger partial charge >= 0.3 is 0 Å². The number of hydroxylamine groups is 2. The molecule has 106 valence electrons. The van der Waals surface area contributed by atoms with Gasteiger partial charge in [0.2, 0.25) is 0 Å². The molecule has 0 atom stereocenters. The molecule has 0 unspecified atom stereocenters. The Morgan fingerprint density at radius 1 is 1.30 bits per heavy atom. The average molecular weight is 290 g/mol. The Balaban J connectivity index is 2.14. The van der Waals surface area contributed by atoms with Gasteiger partial charge in [0.1, 0.15) is 5.00 Å². The van der Waals surface area contributed by atoms with E-state index < -0.39 is 0 Å². The van der Waals surface area contributed by atoms with Crippen molar-refractivity contribution >= 4 is 17.2 Å². The van der Waals surface area contributed by atoms with Crippen LogP contribution < -0.4 is 0 Å². The third-order valence-corrected chi connectivity index (χ3v) is 5.07. The number of fused-ring (bicyclic) bond motifs is 1. The highest BCUT2D eigenvalue weighted by molar-refractivity contribution is 7.15. The van der Waals surface area contributed by atoms with E-state index in [0.717, 1.165) is 29.8 Å². The van der Waals surface area contributed by atoms with Gasteiger partial charge in [0.25, 0.3) is 5.91 Å². The highest BCUT2D eigenvalue weighted by Gasteiger charge is 2.28. The van der Waals surface area contributed by atoms with Crippen LogP contribution in [0.15, 0.2) is 24.5 Å². The summed E-state index contributed by atoms with van der Waals surface area (Å²) in [6.45, 7) is 0. The molecule has 2 aromatic heterocycles. The van der Waals surface area contributed by atoms with Crippen LogP contribution in [0.25, 0.3) is 5.00 Å². The second-order valence-corrected chi connectivity index (χ2v) is 6.05. The zero-order valence-electron chi connectivity index (χ0n) is 11.8. The zero-order chi connectivity index (χ0) is 14.1. The third-order valence-electron chi connectivity index (χ3n) is 3.77. The number of hydrogen-bond donors (Lipinski definition) is 0. The van der Waals surface area contributed by atoms with Gasteiger partial charge in [0, 0.05) is 24.3 Å². The van der Waals surface area contributed by atoms with Crippen molar-refractivity contribution in [3.05, 3.63) is 40.5 Å². The minimum absolute atomic E-state index is 0.0596. The fraction of sp³-hybridized carbons (Fsp3) is 0.400. The number of aryl methyl sites for hydroxylation is 1. The van der Waals surface area contributed by atoms with E-state index in [9.17, 15) is 4.79 Å². The minimum Gasteiger partial charge on any atom is -0.315 e. The molecule has 0 fully saturated rings. The van der Waals surface area contributed by atoms with E-state index in [2.05, 4.69) is 0 Å². The van der Waals surface area contributed by atoms with Crippen LogP contribution in [-0.4, -0.2) is 29.7 Å². The van der Waals surface area contributed by atoms with Gasteiger partial charge in [-0.15, -0.1) is 11.3 Å². The summed E-state index contributed by atoms with van der Waals surface area (Å²) in [6.07, 6.45) is 8.42. The first kappa shape index (κ1) is 13.4.